The SMILES string of the molecule is O=C(CCC1CCCC1)Nc1ccc(Cc2ccncc2)cc1. The van der Waals surface area contributed by atoms with Crippen molar-refractivity contribution in [1.82, 2.24) is 4.98 Å². The topological polar surface area (TPSA) is 42.0 Å². The van der Waals surface area contributed by atoms with Gasteiger partial charge in [-0.3, -0.25) is 9.78 Å². The van der Waals surface area contributed by atoms with Crippen LogP contribution in [0, 0.1) is 5.92 Å². The minimum Gasteiger partial charge on any atom is -0.326 e. The summed E-state index contributed by atoms with van der Waals surface area (Å²) in [5.74, 6) is 0.905. The number of rotatable bonds is 6. The molecule has 1 aromatic carbocycles. The van der Waals surface area contributed by atoms with Crippen LogP contribution in [-0.2, 0) is 11.2 Å². The Morgan fingerprint density at radius 2 is 1.65 bits per heavy atom. The summed E-state index contributed by atoms with van der Waals surface area (Å²) in [6.07, 6.45) is 11.5. The van der Waals surface area contributed by atoms with Crippen LogP contribution in [0.3, 0.4) is 0 Å². The van der Waals surface area contributed by atoms with Gasteiger partial charge in [-0.05, 0) is 54.2 Å². The zero-order valence-electron chi connectivity index (χ0n) is 13.5. The van der Waals surface area contributed by atoms with E-state index in [2.05, 4.69) is 22.4 Å². The molecule has 1 aliphatic carbocycles. The van der Waals surface area contributed by atoms with E-state index in [1.54, 1.807) is 0 Å². The van der Waals surface area contributed by atoms with Crippen molar-refractivity contribution in [3.63, 3.8) is 0 Å². The number of benzene rings is 1. The molecule has 1 fully saturated rings. The molecule has 1 aromatic heterocycles. The number of hydrogen-bond acceptors (Lipinski definition) is 2. The molecule has 1 aliphatic rings. The molecule has 120 valence electrons. The highest BCUT2D eigenvalue weighted by atomic mass is 16.1. The Kier molecular flexibility index (Phi) is 5.41. The fourth-order valence-electron chi connectivity index (χ4n) is 3.30. The first-order valence-corrected chi connectivity index (χ1v) is 8.57. The number of hydrogen-bond donors (Lipinski definition) is 1. The smallest absolute Gasteiger partial charge is 0.224 e. The summed E-state index contributed by atoms with van der Waals surface area (Å²) >= 11 is 0. The number of amides is 1. The van der Waals surface area contributed by atoms with Crippen LogP contribution in [0.5, 0.6) is 0 Å². The third-order valence-corrected chi connectivity index (χ3v) is 4.65. The van der Waals surface area contributed by atoms with Crippen molar-refractivity contribution in [2.24, 2.45) is 5.92 Å². The molecule has 0 bridgehead atoms. The van der Waals surface area contributed by atoms with Gasteiger partial charge >= 0.3 is 0 Å². The molecule has 1 amide bonds. The van der Waals surface area contributed by atoms with Crippen molar-refractivity contribution >= 4 is 11.6 Å². The third kappa shape index (κ3) is 4.92. The highest BCUT2D eigenvalue weighted by Gasteiger charge is 2.16. The van der Waals surface area contributed by atoms with Crippen LogP contribution in [-0.4, -0.2) is 10.9 Å². The van der Waals surface area contributed by atoms with Gasteiger partial charge in [-0.2, -0.15) is 0 Å². The normalized spacial score (nSPS) is 14.8. The van der Waals surface area contributed by atoms with Crippen LogP contribution in [0.15, 0.2) is 48.8 Å². The lowest BCUT2D eigenvalue weighted by atomic mass is 10.0. The number of carbonyl (C=O) groups is 1. The summed E-state index contributed by atoms with van der Waals surface area (Å²) in [7, 11) is 0. The molecule has 3 nitrogen and oxygen atoms in total. The molecule has 0 radical (unpaired) electrons. The van der Waals surface area contributed by atoms with Gasteiger partial charge < -0.3 is 5.32 Å². The highest BCUT2D eigenvalue weighted by molar-refractivity contribution is 5.90. The second-order valence-corrected chi connectivity index (χ2v) is 6.47. The van der Waals surface area contributed by atoms with Gasteiger partial charge in [0.15, 0.2) is 0 Å². The molecule has 2 aromatic rings. The van der Waals surface area contributed by atoms with Crippen LogP contribution < -0.4 is 5.32 Å². The van der Waals surface area contributed by atoms with Crippen molar-refractivity contribution in [1.29, 1.82) is 0 Å². The molecule has 1 saturated carbocycles. The second kappa shape index (κ2) is 7.91. The lowest BCUT2D eigenvalue weighted by Crippen LogP contribution is -2.12. The first kappa shape index (κ1) is 15.7. The van der Waals surface area contributed by atoms with Crippen LogP contribution >= 0.6 is 0 Å². The zero-order valence-corrected chi connectivity index (χ0v) is 13.5. The summed E-state index contributed by atoms with van der Waals surface area (Å²) in [6, 6.07) is 12.2. The Morgan fingerprint density at radius 1 is 1.00 bits per heavy atom. The average molecular weight is 308 g/mol. The number of aromatic nitrogens is 1. The third-order valence-electron chi connectivity index (χ3n) is 4.65. The minimum atomic E-state index is 0.138. The predicted molar refractivity (Wildman–Crippen MR) is 93.3 cm³/mol. The maximum Gasteiger partial charge on any atom is 0.224 e. The van der Waals surface area contributed by atoms with Gasteiger partial charge in [-0.25, -0.2) is 0 Å². The van der Waals surface area contributed by atoms with Crippen LogP contribution in [0.1, 0.15) is 49.7 Å². The average Bonchev–Trinajstić information content (AvgIpc) is 3.09. The van der Waals surface area contributed by atoms with E-state index >= 15 is 0 Å². The van der Waals surface area contributed by atoms with Crippen LogP contribution in [0.4, 0.5) is 5.69 Å². The van der Waals surface area contributed by atoms with Gasteiger partial charge in [-0.15, -0.1) is 0 Å². The number of nitrogens with one attached hydrogen (secondary N) is 1. The van der Waals surface area contributed by atoms with Crippen molar-refractivity contribution in [3.8, 4) is 0 Å². The van der Waals surface area contributed by atoms with Gasteiger partial charge in [0.05, 0.1) is 0 Å². The molecule has 1 N–H and O–H groups in total. The van der Waals surface area contributed by atoms with E-state index in [1.165, 1.54) is 36.8 Å². The molecule has 23 heavy (non-hydrogen) atoms. The van der Waals surface area contributed by atoms with E-state index in [0.29, 0.717) is 6.42 Å². The minimum absolute atomic E-state index is 0.138. The van der Waals surface area contributed by atoms with E-state index in [4.69, 9.17) is 0 Å². The fourth-order valence-corrected chi connectivity index (χ4v) is 3.30. The quantitative estimate of drug-likeness (QED) is 0.848. The first-order valence-electron chi connectivity index (χ1n) is 8.57. The molecular weight excluding hydrogens is 284 g/mol. The highest BCUT2D eigenvalue weighted by Crippen LogP contribution is 2.28. The monoisotopic (exact) mass is 308 g/mol. The molecule has 3 heteroatoms. The largest absolute Gasteiger partial charge is 0.326 e. The molecule has 0 aliphatic heterocycles. The Morgan fingerprint density at radius 3 is 2.35 bits per heavy atom. The summed E-state index contributed by atoms with van der Waals surface area (Å²) in [6.45, 7) is 0. The van der Waals surface area contributed by atoms with E-state index in [0.717, 1.165) is 24.4 Å². The van der Waals surface area contributed by atoms with Crippen molar-refractivity contribution in [2.45, 2.75) is 44.9 Å². The maximum absolute atomic E-state index is 12.0. The lowest BCUT2D eigenvalue weighted by Gasteiger charge is -2.09. The molecular formula is C20H24N2O. The van der Waals surface area contributed by atoms with Crippen LogP contribution in [0.25, 0.3) is 0 Å². The second-order valence-electron chi connectivity index (χ2n) is 6.47. The zero-order chi connectivity index (χ0) is 15.9. The molecule has 1 heterocycles. The summed E-state index contributed by atoms with van der Waals surface area (Å²) in [5, 5.41) is 3.01. The van der Waals surface area contributed by atoms with E-state index in [1.807, 2.05) is 36.7 Å². The Balaban J connectivity index is 1.47. The van der Waals surface area contributed by atoms with Gasteiger partial charge in [-0.1, -0.05) is 37.8 Å². The number of anilines is 1. The number of nitrogens with zero attached hydrogens (tertiary/aromatic N) is 1. The summed E-state index contributed by atoms with van der Waals surface area (Å²) in [4.78, 5) is 16.1. The van der Waals surface area contributed by atoms with Gasteiger partial charge in [0.25, 0.3) is 0 Å². The Hall–Kier alpha value is -2.16. The lowest BCUT2D eigenvalue weighted by molar-refractivity contribution is -0.116. The Labute approximate surface area is 138 Å². The van der Waals surface area contributed by atoms with E-state index < -0.39 is 0 Å². The van der Waals surface area contributed by atoms with Crippen molar-refractivity contribution in [3.05, 3.63) is 59.9 Å². The van der Waals surface area contributed by atoms with E-state index in [-0.39, 0.29) is 5.91 Å². The standard InChI is InChI=1S/C20H24N2O/c23-20(10-7-16-3-1-2-4-16)22-19-8-5-17(6-9-19)15-18-11-13-21-14-12-18/h5-6,8-9,11-14,16H,1-4,7,10,15H2,(H,22,23). The summed E-state index contributed by atoms with van der Waals surface area (Å²) in [5.41, 5.74) is 3.37. The predicted octanol–water partition coefficient (Wildman–Crippen LogP) is 4.58. The maximum atomic E-state index is 12.0. The van der Waals surface area contributed by atoms with Gasteiger partial charge in [0.1, 0.15) is 0 Å². The van der Waals surface area contributed by atoms with Gasteiger partial charge in [0.2, 0.25) is 5.91 Å². The molecule has 0 saturated heterocycles. The van der Waals surface area contributed by atoms with E-state index in [9.17, 15) is 4.79 Å². The number of pyridine rings is 1. The molecule has 3 rings (SSSR count). The van der Waals surface area contributed by atoms with Crippen molar-refractivity contribution < 1.29 is 4.79 Å². The molecule has 0 spiro atoms. The molecule has 0 atom stereocenters. The first-order chi connectivity index (χ1) is 11.3. The summed E-state index contributed by atoms with van der Waals surface area (Å²) < 4.78 is 0. The van der Waals surface area contributed by atoms with Crippen molar-refractivity contribution in [2.75, 3.05) is 5.32 Å². The van der Waals surface area contributed by atoms with Gasteiger partial charge in [0, 0.05) is 24.5 Å². The Bertz CT molecular complexity index is 616. The fraction of sp³-hybridized carbons (Fsp3) is 0.400. The van der Waals surface area contributed by atoms with Crippen LogP contribution in [0.2, 0.25) is 0 Å². The molecule has 0 unspecified atom stereocenters. The number of carbonyl (C=O) groups excluding carboxylic acids is 1.